The fourth-order valence-corrected chi connectivity index (χ4v) is 1.50. The fourth-order valence-electron chi connectivity index (χ4n) is 1.50. The molecule has 0 aliphatic heterocycles. The third-order valence-corrected chi connectivity index (χ3v) is 2.37. The van der Waals surface area contributed by atoms with E-state index in [0.29, 0.717) is 0 Å². The molecule has 0 aromatic carbocycles. The zero-order chi connectivity index (χ0) is 9.26. The molecule has 2 heteroatoms. The lowest BCUT2D eigenvalue weighted by Gasteiger charge is -2.06. The van der Waals surface area contributed by atoms with E-state index in [1.54, 1.807) is 0 Å². The van der Waals surface area contributed by atoms with Crippen LogP contribution in [0.3, 0.4) is 0 Å². The molecule has 1 aromatic heterocycles. The monoisotopic (exact) mass is 176 g/mol. The first-order chi connectivity index (χ1) is 6.24. The molecule has 0 radical (unpaired) electrons. The second-order valence-electron chi connectivity index (χ2n) is 4.00. The summed E-state index contributed by atoms with van der Waals surface area (Å²) in [5, 5.41) is 3.38. The van der Waals surface area contributed by atoms with Crippen molar-refractivity contribution < 1.29 is 0 Å². The minimum atomic E-state index is 0.905. The molecule has 1 N–H and O–H groups in total. The minimum Gasteiger partial charge on any atom is -0.370 e. The molecule has 0 atom stereocenters. The molecule has 0 spiro atoms. The Labute approximate surface area is 79.4 Å². The maximum Gasteiger partial charge on any atom is 0.126 e. The van der Waals surface area contributed by atoms with Gasteiger partial charge in [0.1, 0.15) is 5.82 Å². The highest BCUT2D eigenvalue weighted by atomic mass is 15.0. The third-order valence-electron chi connectivity index (χ3n) is 2.37. The Morgan fingerprint density at radius 3 is 2.77 bits per heavy atom. The fraction of sp³-hybridized carbons (Fsp3) is 0.545. The lowest BCUT2D eigenvalue weighted by atomic mass is 10.2. The quantitative estimate of drug-likeness (QED) is 0.765. The summed E-state index contributed by atoms with van der Waals surface area (Å²) in [4.78, 5) is 4.42. The highest BCUT2D eigenvalue weighted by Gasteiger charge is 2.20. The number of nitrogens with zero attached hydrogens (tertiary/aromatic N) is 1. The average molecular weight is 176 g/mol. The molecule has 1 saturated carbocycles. The Balaban J connectivity index is 2.01. The van der Waals surface area contributed by atoms with Crippen LogP contribution in [-0.4, -0.2) is 11.5 Å². The van der Waals surface area contributed by atoms with Gasteiger partial charge in [-0.1, -0.05) is 0 Å². The van der Waals surface area contributed by atoms with E-state index < -0.39 is 0 Å². The second kappa shape index (κ2) is 3.36. The van der Waals surface area contributed by atoms with Crippen molar-refractivity contribution in [3.05, 3.63) is 23.4 Å². The van der Waals surface area contributed by atoms with Crippen LogP contribution >= 0.6 is 0 Å². The number of hydrogen-bond donors (Lipinski definition) is 1. The van der Waals surface area contributed by atoms with Crippen LogP contribution in [0, 0.1) is 19.8 Å². The number of nitrogens with one attached hydrogen (secondary N) is 1. The van der Waals surface area contributed by atoms with Crippen LogP contribution in [-0.2, 0) is 0 Å². The van der Waals surface area contributed by atoms with Gasteiger partial charge in [-0.25, -0.2) is 4.98 Å². The smallest absolute Gasteiger partial charge is 0.126 e. The van der Waals surface area contributed by atoms with Crippen LogP contribution in [0.2, 0.25) is 0 Å². The standard InChI is InChI=1S/C11H16N2/c1-8-5-9(2)13-11(6-8)12-7-10-3-4-10/h5-6,10H,3-4,7H2,1-2H3,(H,12,13). The molecule has 1 aliphatic rings. The summed E-state index contributed by atoms with van der Waals surface area (Å²) in [6.07, 6.45) is 2.77. The predicted octanol–water partition coefficient (Wildman–Crippen LogP) is 2.52. The summed E-state index contributed by atoms with van der Waals surface area (Å²) in [5.74, 6) is 1.94. The van der Waals surface area contributed by atoms with Crippen LogP contribution in [0.5, 0.6) is 0 Å². The third kappa shape index (κ3) is 2.44. The van der Waals surface area contributed by atoms with E-state index in [1.807, 2.05) is 6.92 Å². The van der Waals surface area contributed by atoms with Crippen LogP contribution in [0.25, 0.3) is 0 Å². The number of pyridine rings is 1. The molecule has 1 aromatic rings. The summed E-state index contributed by atoms with van der Waals surface area (Å²) < 4.78 is 0. The normalized spacial score (nSPS) is 15.8. The van der Waals surface area contributed by atoms with Gasteiger partial charge in [0.15, 0.2) is 0 Å². The van der Waals surface area contributed by atoms with Gasteiger partial charge < -0.3 is 5.32 Å². The van der Waals surface area contributed by atoms with Gasteiger partial charge in [0.25, 0.3) is 0 Å². The Bertz CT molecular complexity index is 283. The van der Waals surface area contributed by atoms with Crippen molar-refractivity contribution in [3.63, 3.8) is 0 Å². The molecule has 70 valence electrons. The number of aryl methyl sites for hydroxylation is 2. The molecule has 1 fully saturated rings. The van der Waals surface area contributed by atoms with E-state index in [4.69, 9.17) is 0 Å². The molecule has 1 heterocycles. The van der Waals surface area contributed by atoms with Gasteiger partial charge in [-0.2, -0.15) is 0 Å². The topological polar surface area (TPSA) is 24.9 Å². The maximum absolute atomic E-state index is 4.42. The molecule has 13 heavy (non-hydrogen) atoms. The molecular formula is C11H16N2. The van der Waals surface area contributed by atoms with E-state index in [0.717, 1.165) is 24.0 Å². The van der Waals surface area contributed by atoms with Crippen molar-refractivity contribution >= 4 is 5.82 Å². The Kier molecular flexibility index (Phi) is 2.21. The zero-order valence-electron chi connectivity index (χ0n) is 8.30. The van der Waals surface area contributed by atoms with Crippen LogP contribution in [0.15, 0.2) is 12.1 Å². The van der Waals surface area contributed by atoms with Crippen molar-refractivity contribution in [2.75, 3.05) is 11.9 Å². The number of anilines is 1. The molecule has 0 unspecified atom stereocenters. The molecule has 0 bridgehead atoms. The van der Waals surface area contributed by atoms with Crippen LogP contribution < -0.4 is 5.32 Å². The van der Waals surface area contributed by atoms with Gasteiger partial charge in [-0.3, -0.25) is 0 Å². The molecule has 0 saturated heterocycles. The van der Waals surface area contributed by atoms with E-state index >= 15 is 0 Å². The molecule has 2 rings (SSSR count). The van der Waals surface area contributed by atoms with E-state index in [1.165, 1.54) is 18.4 Å². The summed E-state index contributed by atoms with van der Waals surface area (Å²) in [6.45, 7) is 5.24. The summed E-state index contributed by atoms with van der Waals surface area (Å²) in [5.41, 5.74) is 2.38. The summed E-state index contributed by atoms with van der Waals surface area (Å²) in [7, 11) is 0. The van der Waals surface area contributed by atoms with Crippen molar-refractivity contribution in [1.82, 2.24) is 4.98 Å². The molecule has 2 nitrogen and oxygen atoms in total. The highest BCUT2D eigenvalue weighted by Crippen LogP contribution is 2.28. The van der Waals surface area contributed by atoms with Crippen molar-refractivity contribution in [2.45, 2.75) is 26.7 Å². The van der Waals surface area contributed by atoms with Gasteiger partial charge >= 0.3 is 0 Å². The van der Waals surface area contributed by atoms with Crippen molar-refractivity contribution in [3.8, 4) is 0 Å². The highest BCUT2D eigenvalue weighted by molar-refractivity contribution is 5.39. The van der Waals surface area contributed by atoms with Gasteiger partial charge in [0, 0.05) is 12.2 Å². The van der Waals surface area contributed by atoms with E-state index in [2.05, 4.69) is 29.4 Å². The molecule has 1 aliphatic carbocycles. The first-order valence-corrected chi connectivity index (χ1v) is 4.93. The van der Waals surface area contributed by atoms with Gasteiger partial charge in [0.2, 0.25) is 0 Å². The molecule has 0 amide bonds. The SMILES string of the molecule is Cc1cc(C)nc(NCC2CC2)c1. The second-order valence-corrected chi connectivity index (χ2v) is 4.00. The lowest BCUT2D eigenvalue weighted by molar-refractivity contribution is 0.881. The summed E-state index contributed by atoms with van der Waals surface area (Å²) >= 11 is 0. The zero-order valence-corrected chi connectivity index (χ0v) is 8.30. The van der Waals surface area contributed by atoms with E-state index in [-0.39, 0.29) is 0 Å². The number of hydrogen-bond acceptors (Lipinski definition) is 2. The minimum absolute atomic E-state index is 0.905. The van der Waals surface area contributed by atoms with E-state index in [9.17, 15) is 0 Å². The van der Waals surface area contributed by atoms with Gasteiger partial charge in [0.05, 0.1) is 0 Å². The first kappa shape index (κ1) is 8.54. The average Bonchev–Trinajstić information content (AvgIpc) is 2.81. The van der Waals surface area contributed by atoms with Gasteiger partial charge in [-0.05, 0) is 50.3 Å². The number of aromatic nitrogens is 1. The largest absolute Gasteiger partial charge is 0.370 e. The summed E-state index contributed by atoms with van der Waals surface area (Å²) in [6, 6.07) is 4.21. The molecular weight excluding hydrogens is 160 g/mol. The van der Waals surface area contributed by atoms with Crippen LogP contribution in [0.4, 0.5) is 5.82 Å². The van der Waals surface area contributed by atoms with Crippen LogP contribution in [0.1, 0.15) is 24.1 Å². The Morgan fingerprint density at radius 1 is 1.38 bits per heavy atom. The predicted molar refractivity (Wildman–Crippen MR) is 54.9 cm³/mol. The Hall–Kier alpha value is -1.05. The van der Waals surface area contributed by atoms with Gasteiger partial charge in [-0.15, -0.1) is 0 Å². The first-order valence-electron chi connectivity index (χ1n) is 4.93. The maximum atomic E-state index is 4.42. The Morgan fingerprint density at radius 2 is 2.15 bits per heavy atom. The van der Waals surface area contributed by atoms with Crippen molar-refractivity contribution in [2.24, 2.45) is 5.92 Å². The number of rotatable bonds is 3. The van der Waals surface area contributed by atoms with Crippen molar-refractivity contribution in [1.29, 1.82) is 0 Å². The lowest BCUT2D eigenvalue weighted by Crippen LogP contribution is -2.05.